The minimum atomic E-state index is -0.497. The van der Waals surface area contributed by atoms with E-state index in [2.05, 4.69) is 15.3 Å². The number of benzene rings is 1. The van der Waals surface area contributed by atoms with Gasteiger partial charge in [0.2, 0.25) is 5.91 Å². The number of aromatic nitrogens is 2. The van der Waals surface area contributed by atoms with Gasteiger partial charge >= 0.3 is 0 Å². The average Bonchev–Trinajstić information content (AvgIpc) is 2.45. The van der Waals surface area contributed by atoms with Crippen molar-refractivity contribution in [3.8, 4) is 0 Å². The number of non-ortho nitro benzene ring substituents is 1. The van der Waals surface area contributed by atoms with Gasteiger partial charge in [0.15, 0.2) is 0 Å². The highest BCUT2D eigenvalue weighted by Crippen LogP contribution is 2.34. The fourth-order valence-corrected chi connectivity index (χ4v) is 2.60. The van der Waals surface area contributed by atoms with E-state index in [0.29, 0.717) is 17.0 Å². The molecule has 8 heteroatoms. The molecule has 0 saturated carbocycles. The molecule has 0 unspecified atom stereocenters. The Labute approximate surface area is 124 Å². The molecule has 0 aliphatic carbocycles. The Bertz CT molecular complexity index is 826. The zero-order chi connectivity index (χ0) is 15.9. The number of nitrogens with zero attached hydrogens (tertiary/aromatic N) is 2. The lowest BCUT2D eigenvalue weighted by atomic mass is 9.87. The number of nitrogens with one attached hydrogen (secondary N) is 2. The Hall–Kier alpha value is -3.03. The third kappa shape index (κ3) is 2.34. The summed E-state index contributed by atoms with van der Waals surface area (Å²) in [6.45, 7) is 1.63. The summed E-state index contributed by atoms with van der Waals surface area (Å²) in [7, 11) is 0. The lowest BCUT2D eigenvalue weighted by Gasteiger charge is -2.24. The lowest BCUT2D eigenvalue weighted by Crippen LogP contribution is -2.31. The zero-order valence-electron chi connectivity index (χ0n) is 11.6. The standard InChI is InChI=1S/C14H12N4O4/c1-7-15-13-12(14(20)16-7)10(6-11(19)17-13)8-2-4-9(5-3-8)18(21)22/h2-5,10H,6H2,1H3,(H2,15,16,17,19,20)/t10-/m1/s1. The molecule has 1 amide bonds. The maximum absolute atomic E-state index is 12.2. The van der Waals surface area contributed by atoms with Crippen LogP contribution in [0.2, 0.25) is 0 Å². The van der Waals surface area contributed by atoms with Crippen LogP contribution in [0.25, 0.3) is 0 Å². The Morgan fingerprint density at radius 1 is 1.27 bits per heavy atom. The van der Waals surface area contributed by atoms with E-state index in [-0.39, 0.29) is 29.4 Å². The summed E-state index contributed by atoms with van der Waals surface area (Å²) in [5.41, 5.74) is 0.683. The minimum Gasteiger partial charge on any atom is -0.310 e. The summed E-state index contributed by atoms with van der Waals surface area (Å²) < 4.78 is 0. The lowest BCUT2D eigenvalue weighted by molar-refractivity contribution is -0.384. The number of carbonyl (C=O) groups is 1. The topological polar surface area (TPSA) is 118 Å². The molecule has 0 radical (unpaired) electrons. The summed E-state index contributed by atoms with van der Waals surface area (Å²) >= 11 is 0. The number of H-pyrrole nitrogens is 1. The number of carbonyl (C=O) groups excluding carboxylic acids is 1. The summed E-state index contributed by atoms with van der Waals surface area (Å²) in [4.78, 5) is 41.0. The van der Waals surface area contributed by atoms with Crippen LogP contribution in [0.5, 0.6) is 0 Å². The molecule has 2 N–H and O–H groups in total. The van der Waals surface area contributed by atoms with Gasteiger partial charge in [-0.05, 0) is 12.5 Å². The number of anilines is 1. The van der Waals surface area contributed by atoms with Crippen LogP contribution in [0.3, 0.4) is 0 Å². The highest BCUT2D eigenvalue weighted by Gasteiger charge is 2.30. The van der Waals surface area contributed by atoms with Gasteiger partial charge in [-0.2, -0.15) is 0 Å². The van der Waals surface area contributed by atoms with Gasteiger partial charge in [-0.25, -0.2) is 4.98 Å². The Balaban J connectivity index is 2.11. The highest BCUT2D eigenvalue weighted by molar-refractivity contribution is 5.94. The quantitative estimate of drug-likeness (QED) is 0.643. The molecule has 0 bridgehead atoms. The second kappa shape index (κ2) is 5.06. The number of nitro groups is 1. The van der Waals surface area contributed by atoms with Gasteiger partial charge in [-0.3, -0.25) is 19.7 Å². The largest absolute Gasteiger partial charge is 0.310 e. The Morgan fingerprint density at radius 2 is 1.95 bits per heavy atom. The second-order valence-corrected chi connectivity index (χ2v) is 5.07. The number of amides is 1. The van der Waals surface area contributed by atoms with Crippen LogP contribution in [-0.4, -0.2) is 20.8 Å². The molecule has 2 heterocycles. The molecule has 112 valence electrons. The van der Waals surface area contributed by atoms with Crippen molar-refractivity contribution in [3.05, 3.63) is 61.7 Å². The molecule has 0 saturated heterocycles. The number of fused-ring (bicyclic) bond motifs is 1. The van der Waals surface area contributed by atoms with Crippen molar-refractivity contribution in [1.29, 1.82) is 0 Å². The SMILES string of the molecule is Cc1nc2c(c(=O)[nH]1)[C@@H](c1ccc([N+](=O)[O-])cc1)CC(=O)N2. The number of hydrogen-bond acceptors (Lipinski definition) is 5. The van der Waals surface area contributed by atoms with Gasteiger partial charge < -0.3 is 10.3 Å². The first-order chi connectivity index (χ1) is 10.5. The second-order valence-electron chi connectivity index (χ2n) is 5.07. The highest BCUT2D eigenvalue weighted by atomic mass is 16.6. The predicted molar refractivity (Wildman–Crippen MR) is 77.8 cm³/mol. The van der Waals surface area contributed by atoms with Crippen molar-refractivity contribution < 1.29 is 9.72 Å². The Kier molecular flexibility index (Phi) is 3.21. The normalized spacial score (nSPS) is 16.8. The smallest absolute Gasteiger partial charge is 0.269 e. The van der Waals surface area contributed by atoms with Crippen LogP contribution in [0.1, 0.15) is 29.3 Å². The van der Waals surface area contributed by atoms with Crippen molar-refractivity contribution in [2.45, 2.75) is 19.3 Å². The van der Waals surface area contributed by atoms with Crippen molar-refractivity contribution in [2.75, 3.05) is 5.32 Å². The predicted octanol–water partition coefficient (Wildman–Crippen LogP) is 1.46. The molecular formula is C14H12N4O4. The van der Waals surface area contributed by atoms with Gasteiger partial charge in [0.1, 0.15) is 11.6 Å². The summed E-state index contributed by atoms with van der Waals surface area (Å²) in [6, 6.07) is 5.84. The summed E-state index contributed by atoms with van der Waals surface area (Å²) in [5.74, 6) is -0.0518. The number of hydrogen-bond donors (Lipinski definition) is 2. The zero-order valence-corrected chi connectivity index (χ0v) is 11.6. The monoisotopic (exact) mass is 300 g/mol. The minimum absolute atomic E-state index is 0.0415. The van der Waals surface area contributed by atoms with Crippen molar-refractivity contribution in [2.24, 2.45) is 0 Å². The summed E-state index contributed by atoms with van der Waals surface area (Å²) in [5, 5.41) is 13.3. The van der Waals surface area contributed by atoms with E-state index in [1.54, 1.807) is 19.1 Å². The number of aryl methyl sites for hydroxylation is 1. The maximum atomic E-state index is 12.2. The molecule has 1 aromatic carbocycles. The fourth-order valence-electron chi connectivity index (χ4n) is 2.60. The first kappa shape index (κ1) is 13.9. The third-order valence-electron chi connectivity index (χ3n) is 3.58. The third-order valence-corrected chi connectivity index (χ3v) is 3.58. The van der Waals surface area contributed by atoms with Gasteiger partial charge in [-0.1, -0.05) is 12.1 Å². The number of rotatable bonds is 2. The molecular weight excluding hydrogens is 288 g/mol. The molecule has 2 aromatic rings. The molecule has 22 heavy (non-hydrogen) atoms. The number of aromatic amines is 1. The first-order valence-electron chi connectivity index (χ1n) is 6.60. The van der Waals surface area contributed by atoms with Crippen molar-refractivity contribution in [1.82, 2.24) is 9.97 Å². The van der Waals surface area contributed by atoms with Crippen LogP contribution in [-0.2, 0) is 4.79 Å². The van der Waals surface area contributed by atoms with Crippen LogP contribution in [0.15, 0.2) is 29.1 Å². The van der Waals surface area contributed by atoms with Crippen LogP contribution in [0, 0.1) is 17.0 Å². The average molecular weight is 300 g/mol. The molecule has 0 fully saturated rings. The Morgan fingerprint density at radius 3 is 2.59 bits per heavy atom. The molecule has 3 rings (SSSR count). The van der Waals surface area contributed by atoms with Crippen LogP contribution >= 0.6 is 0 Å². The van der Waals surface area contributed by atoms with E-state index >= 15 is 0 Å². The van der Waals surface area contributed by atoms with E-state index in [9.17, 15) is 19.7 Å². The molecule has 0 spiro atoms. The molecule has 1 aliphatic rings. The van der Waals surface area contributed by atoms with Crippen molar-refractivity contribution >= 4 is 17.4 Å². The number of nitro benzene ring substituents is 1. The van der Waals surface area contributed by atoms with Crippen molar-refractivity contribution in [3.63, 3.8) is 0 Å². The van der Waals surface area contributed by atoms with Crippen LogP contribution < -0.4 is 10.9 Å². The molecule has 1 aliphatic heterocycles. The van der Waals surface area contributed by atoms with Crippen LogP contribution in [0.4, 0.5) is 11.5 Å². The van der Waals surface area contributed by atoms with E-state index in [1.165, 1.54) is 12.1 Å². The van der Waals surface area contributed by atoms with Gasteiger partial charge in [0.25, 0.3) is 11.2 Å². The molecule has 8 nitrogen and oxygen atoms in total. The molecule has 1 atom stereocenters. The van der Waals surface area contributed by atoms with Gasteiger partial charge in [0, 0.05) is 24.5 Å². The van der Waals surface area contributed by atoms with E-state index in [4.69, 9.17) is 0 Å². The van der Waals surface area contributed by atoms with Gasteiger partial charge in [-0.15, -0.1) is 0 Å². The summed E-state index contributed by atoms with van der Waals surface area (Å²) in [6.07, 6.45) is 0.0959. The van der Waals surface area contributed by atoms with E-state index < -0.39 is 10.8 Å². The maximum Gasteiger partial charge on any atom is 0.269 e. The fraction of sp³-hybridized carbons (Fsp3) is 0.214. The van der Waals surface area contributed by atoms with Gasteiger partial charge in [0.05, 0.1) is 10.5 Å². The van der Waals surface area contributed by atoms with E-state index in [0.717, 1.165) is 0 Å². The first-order valence-corrected chi connectivity index (χ1v) is 6.60. The molecule has 1 aromatic heterocycles. The van der Waals surface area contributed by atoms with E-state index in [1.807, 2.05) is 0 Å².